The Morgan fingerprint density at radius 3 is 2.50 bits per heavy atom. The predicted octanol–water partition coefficient (Wildman–Crippen LogP) is 0.291. The zero-order valence-corrected chi connectivity index (χ0v) is 10.7. The molecule has 0 amide bonds. The number of primary sulfonamides is 1. The summed E-state index contributed by atoms with van der Waals surface area (Å²) >= 11 is 0. The number of Topliss-reactive ketones (excluding diaryl/α,β-unsaturated/α-hetero) is 2. The van der Waals surface area contributed by atoms with E-state index in [0.717, 1.165) is 0 Å². The van der Waals surface area contributed by atoms with Crippen LogP contribution in [0.15, 0.2) is 24.4 Å². The lowest BCUT2D eigenvalue weighted by Gasteiger charge is -2.12. The maximum absolute atomic E-state index is 12.0. The molecule has 0 aliphatic heterocycles. The van der Waals surface area contributed by atoms with Gasteiger partial charge in [0, 0.05) is 12.6 Å². The second kappa shape index (κ2) is 5.83. The number of pyridine rings is 1. The maximum atomic E-state index is 12.0. The van der Waals surface area contributed by atoms with Crippen molar-refractivity contribution in [2.24, 2.45) is 5.14 Å². The van der Waals surface area contributed by atoms with Gasteiger partial charge in [0.1, 0.15) is 16.7 Å². The molecule has 0 bridgehead atoms. The van der Waals surface area contributed by atoms with E-state index in [9.17, 15) is 18.0 Å². The Morgan fingerprint density at radius 2 is 2.06 bits per heavy atom. The zero-order chi connectivity index (χ0) is 13.8. The summed E-state index contributed by atoms with van der Waals surface area (Å²) in [5.41, 5.74) is 0.0278. The molecule has 1 aromatic heterocycles. The highest BCUT2D eigenvalue weighted by Crippen LogP contribution is 2.12. The van der Waals surface area contributed by atoms with Crippen molar-refractivity contribution in [1.82, 2.24) is 4.98 Å². The van der Waals surface area contributed by atoms with Gasteiger partial charge in [-0.1, -0.05) is 6.07 Å². The van der Waals surface area contributed by atoms with Gasteiger partial charge in [-0.3, -0.25) is 9.78 Å². The summed E-state index contributed by atoms with van der Waals surface area (Å²) in [4.78, 5) is 26.6. The van der Waals surface area contributed by atoms with Gasteiger partial charge in [0.25, 0.3) is 0 Å². The minimum atomic E-state index is -4.05. The van der Waals surface area contributed by atoms with Crippen LogP contribution in [0.1, 0.15) is 30.3 Å². The molecule has 0 aromatic carbocycles. The molecular weight excluding hydrogens is 256 g/mol. The molecule has 6 nitrogen and oxygen atoms in total. The molecule has 0 aliphatic carbocycles. The van der Waals surface area contributed by atoms with Gasteiger partial charge in [-0.25, -0.2) is 13.6 Å². The highest BCUT2D eigenvalue weighted by molar-refractivity contribution is 7.90. The van der Waals surface area contributed by atoms with E-state index in [1.165, 1.54) is 19.2 Å². The van der Waals surface area contributed by atoms with Crippen LogP contribution >= 0.6 is 0 Å². The van der Waals surface area contributed by atoms with Crippen molar-refractivity contribution in [2.45, 2.75) is 25.0 Å². The Labute approximate surface area is 105 Å². The van der Waals surface area contributed by atoms with Gasteiger partial charge < -0.3 is 4.79 Å². The van der Waals surface area contributed by atoms with Gasteiger partial charge in [-0.05, 0) is 25.5 Å². The number of ketones is 2. The first-order valence-electron chi connectivity index (χ1n) is 5.28. The second-order valence-electron chi connectivity index (χ2n) is 3.90. The van der Waals surface area contributed by atoms with E-state index in [2.05, 4.69) is 4.98 Å². The zero-order valence-electron chi connectivity index (χ0n) is 9.87. The van der Waals surface area contributed by atoms with E-state index in [4.69, 9.17) is 5.14 Å². The van der Waals surface area contributed by atoms with Crippen LogP contribution in [0.5, 0.6) is 0 Å². The van der Waals surface area contributed by atoms with Gasteiger partial charge >= 0.3 is 0 Å². The number of carbonyl (C=O) groups is 2. The molecule has 1 aromatic rings. The molecular formula is C11H14N2O4S. The Kier molecular flexibility index (Phi) is 4.69. The average molecular weight is 270 g/mol. The largest absolute Gasteiger partial charge is 0.300 e. The Hall–Kier alpha value is -1.60. The highest BCUT2D eigenvalue weighted by atomic mass is 32.2. The van der Waals surface area contributed by atoms with Crippen LogP contribution in [0.4, 0.5) is 0 Å². The average Bonchev–Trinajstić information content (AvgIpc) is 2.28. The molecule has 1 unspecified atom stereocenters. The lowest BCUT2D eigenvalue weighted by atomic mass is 10.1. The molecule has 0 fully saturated rings. The molecule has 7 heteroatoms. The van der Waals surface area contributed by atoms with Crippen molar-refractivity contribution >= 4 is 21.6 Å². The Morgan fingerprint density at radius 1 is 1.39 bits per heavy atom. The quantitative estimate of drug-likeness (QED) is 0.747. The number of nitrogens with two attached hydrogens (primary N) is 1. The molecule has 0 aliphatic rings. The van der Waals surface area contributed by atoms with Crippen molar-refractivity contribution in [1.29, 1.82) is 0 Å². The molecule has 1 heterocycles. The van der Waals surface area contributed by atoms with Gasteiger partial charge in [-0.15, -0.1) is 0 Å². The minimum Gasteiger partial charge on any atom is -0.300 e. The smallest absolute Gasteiger partial charge is 0.219 e. The molecule has 0 saturated heterocycles. The van der Waals surface area contributed by atoms with Gasteiger partial charge in [0.15, 0.2) is 0 Å². The molecule has 98 valence electrons. The van der Waals surface area contributed by atoms with E-state index in [1.54, 1.807) is 12.1 Å². The van der Waals surface area contributed by atoms with E-state index in [-0.39, 0.29) is 24.3 Å². The fourth-order valence-corrected chi connectivity index (χ4v) is 2.32. The first kappa shape index (κ1) is 14.5. The molecule has 2 N–H and O–H groups in total. The number of carbonyl (C=O) groups excluding carboxylic acids is 2. The SMILES string of the molecule is CC(=O)CCC(C(=O)c1ccccn1)S(N)(=O)=O. The Bertz CT molecular complexity index is 539. The lowest BCUT2D eigenvalue weighted by molar-refractivity contribution is -0.117. The number of nitrogens with zero attached hydrogens (tertiary/aromatic N) is 1. The summed E-state index contributed by atoms with van der Waals surface area (Å²) in [5, 5.41) is 3.60. The van der Waals surface area contributed by atoms with Gasteiger partial charge in [0.2, 0.25) is 15.8 Å². The van der Waals surface area contributed by atoms with Crippen LogP contribution in [-0.4, -0.2) is 30.2 Å². The molecule has 0 radical (unpaired) electrons. The minimum absolute atomic E-state index is 0.0142. The van der Waals surface area contributed by atoms with Crippen molar-refractivity contribution < 1.29 is 18.0 Å². The number of sulfonamides is 1. The van der Waals surface area contributed by atoms with Crippen molar-refractivity contribution in [3.8, 4) is 0 Å². The van der Waals surface area contributed by atoms with E-state index >= 15 is 0 Å². The number of rotatable bonds is 6. The molecule has 0 spiro atoms. The summed E-state index contributed by atoms with van der Waals surface area (Å²) in [6.07, 6.45) is 1.25. The van der Waals surface area contributed by atoms with E-state index < -0.39 is 21.1 Å². The third kappa shape index (κ3) is 4.01. The lowest BCUT2D eigenvalue weighted by Crippen LogP contribution is -2.36. The van der Waals surface area contributed by atoms with Crippen LogP contribution in [0.3, 0.4) is 0 Å². The predicted molar refractivity (Wildman–Crippen MR) is 65.4 cm³/mol. The third-order valence-electron chi connectivity index (χ3n) is 2.36. The normalized spacial score (nSPS) is 13.0. The van der Waals surface area contributed by atoms with Crippen LogP contribution < -0.4 is 5.14 Å². The van der Waals surface area contributed by atoms with E-state index in [0.29, 0.717) is 0 Å². The third-order valence-corrected chi connectivity index (χ3v) is 3.61. The van der Waals surface area contributed by atoms with E-state index in [1.807, 2.05) is 0 Å². The highest BCUT2D eigenvalue weighted by Gasteiger charge is 2.31. The summed E-state index contributed by atoms with van der Waals surface area (Å²) in [6.45, 7) is 1.32. The fraction of sp³-hybridized carbons (Fsp3) is 0.364. The van der Waals surface area contributed by atoms with Crippen molar-refractivity contribution in [3.63, 3.8) is 0 Å². The van der Waals surface area contributed by atoms with Crippen molar-refractivity contribution in [2.75, 3.05) is 0 Å². The second-order valence-corrected chi connectivity index (χ2v) is 5.64. The van der Waals surface area contributed by atoms with Gasteiger partial charge in [0.05, 0.1) is 0 Å². The number of hydrogen-bond donors (Lipinski definition) is 1. The molecule has 0 saturated carbocycles. The molecule has 18 heavy (non-hydrogen) atoms. The fourth-order valence-electron chi connectivity index (χ4n) is 1.45. The summed E-state index contributed by atoms with van der Waals surface area (Å²) < 4.78 is 22.8. The maximum Gasteiger partial charge on any atom is 0.219 e. The number of aromatic nitrogens is 1. The first-order chi connectivity index (χ1) is 8.32. The Balaban J connectivity index is 2.98. The van der Waals surface area contributed by atoms with Crippen molar-refractivity contribution in [3.05, 3.63) is 30.1 Å². The number of hydrogen-bond acceptors (Lipinski definition) is 5. The molecule has 1 rings (SSSR count). The van der Waals surface area contributed by atoms with Crippen LogP contribution in [0.25, 0.3) is 0 Å². The summed E-state index contributed by atoms with van der Waals surface area (Å²) in [7, 11) is -4.05. The van der Waals surface area contributed by atoms with Crippen LogP contribution in [-0.2, 0) is 14.8 Å². The molecule has 1 atom stereocenters. The summed E-state index contributed by atoms with van der Waals surface area (Å²) in [6, 6.07) is 4.60. The van der Waals surface area contributed by atoms with Crippen LogP contribution in [0, 0.1) is 0 Å². The van der Waals surface area contributed by atoms with Crippen LogP contribution in [0.2, 0.25) is 0 Å². The summed E-state index contributed by atoms with van der Waals surface area (Å²) in [5.74, 6) is -0.878. The first-order valence-corrected chi connectivity index (χ1v) is 6.89. The van der Waals surface area contributed by atoms with Gasteiger partial charge in [-0.2, -0.15) is 0 Å². The topological polar surface area (TPSA) is 107 Å². The standard InChI is InChI=1S/C11H14N2O4S/c1-8(14)5-6-10(18(12,16)17)11(15)9-4-2-3-7-13-9/h2-4,7,10H,5-6H2,1H3,(H2,12,16,17). The monoisotopic (exact) mass is 270 g/mol.